The number of amides is 1. The number of hydrogen-bond donors (Lipinski definition) is 2. The van der Waals surface area contributed by atoms with Gasteiger partial charge in [0.15, 0.2) is 0 Å². The second-order valence-electron chi connectivity index (χ2n) is 6.17. The fraction of sp³-hybridized carbons (Fsp3) is 0.389. The number of anilines is 1. The first-order valence-electron chi connectivity index (χ1n) is 8.60. The van der Waals surface area contributed by atoms with Gasteiger partial charge in [-0.25, -0.2) is 4.79 Å². The third kappa shape index (κ3) is 4.85. The maximum atomic E-state index is 12.3. The lowest BCUT2D eigenvalue weighted by atomic mass is 9.97. The molecule has 9 heteroatoms. The number of carbonyl (C=O) groups is 1. The minimum Gasteiger partial charge on any atom is -0.395 e. The second kappa shape index (κ2) is 9.10. The molecule has 1 aromatic heterocycles. The van der Waals surface area contributed by atoms with Crippen LogP contribution in [0.2, 0.25) is 10.0 Å². The lowest BCUT2D eigenvalue weighted by Gasteiger charge is -2.22. The normalized spacial score (nSPS) is 13.3. The average molecular weight is 428 g/mol. The maximum absolute atomic E-state index is 12.3. The molecule has 0 radical (unpaired) electrons. The molecule has 1 heterocycles. The van der Waals surface area contributed by atoms with Gasteiger partial charge in [-0.2, -0.15) is 4.98 Å². The van der Waals surface area contributed by atoms with Crippen molar-refractivity contribution in [1.29, 1.82) is 0 Å². The molecule has 1 aromatic carbocycles. The molecule has 0 fully saturated rings. The zero-order valence-electron chi connectivity index (χ0n) is 14.5. The summed E-state index contributed by atoms with van der Waals surface area (Å²) >= 11 is 13.2. The molecule has 0 bridgehead atoms. The number of thioether (sulfide) groups is 1. The van der Waals surface area contributed by atoms with E-state index in [1.54, 1.807) is 22.8 Å². The second-order valence-corrected chi connectivity index (χ2v) is 7.98. The van der Waals surface area contributed by atoms with Crippen molar-refractivity contribution in [2.45, 2.75) is 37.3 Å². The molecule has 27 heavy (non-hydrogen) atoms. The monoisotopic (exact) mass is 427 g/mol. The quantitative estimate of drug-likeness (QED) is 0.546. The molecule has 1 aliphatic carbocycles. The van der Waals surface area contributed by atoms with Crippen LogP contribution in [0, 0.1) is 0 Å². The largest absolute Gasteiger partial charge is 0.395 e. The molecule has 2 N–H and O–H groups in total. The highest BCUT2D eigenvalue weighted by atomic mass is 35.5. The fourth-order valence-electron chi connectivity index (χ4n) is 3.11. The standard InChI is InChI=1S/C18H19Cl2N3O3S/c19-11-5-6-13(20)14(9-11)21-16(25)10-27-17-12-3-1-2-4-15(12)23(7-8-24)18(26)22-17/h5-6,9,24H,1-4,7-8,10H2,(H,21,25). The molecular weight excluding hydrogens is 409 g/mol. The van der Waals surface area contributed by atoms with E-state index in [9.17, 15) is 14.7 Å². The average Bonchev–Trinajstić information content (AvgIpc) is 2.65. The van der Waals surface area contributed by atoms with Crippen LogP contribution in [0.5, 0.6) is 0 Å². The van der Waals surface area contributed by atoms with E-state index in [0.717, 1.165) is 36.9 Å². The molecule has 144 valence electrons. The molecule has 6 nitrogen and oxygen atoms in total. The third-order valence-corrected chi connectivity index (χ3v) is 5.90. The van der Waals surface area contributed by atoms with E-state index in [1.165, 1.54) is 11.8 Å². The van der Waals surface area contributed by atoms with Gasteiger partial charge in [0.1, 0.15) is 5.03 Å². The minimum atomic E-state index is -0.384. The SMILES string of the molecule is O=C(CSc1nc(=O)n(CCO)c2c1CCCC2)Nc1cc(Cl)ccc1Cl. The molecule has 0 saturated carbocycles. The smallest absolute Gasteiger partial charge is 0.348 e. The Morgan fingerprint density at radius 2 is 2.07 bits per heavy atom. The van der Waals surface area contributed by atoms with Crippen molar-refractivity contribution in [2.24, 2.45) is 0 Å². The van der Waals surface area contributed by atoms with Crippen molar-refractivity contribution in [1.82, 2.24) is 9.55 Å². The molecule has 0 spiro atoms. The third-order valence-electron chi connectivity index (χ3n) is 4.32. The predicted octanol–water partition coefficient (Wildman–Crippen LogP) is 3.15. The number of nitrogens with zero attached hydrogens (tertiary/aromatic N) is 2. The van der Waals surface area contributed by atoms with Crippen LogP contribution in [0.3, 0.4) is 0 Å². The number of aliphatic hydroxyl groups is 1. The molecule has 0 saturated heterocycles. The zero-order chi connectivity index (χ0) is 19.4. The summed E-state index contributed by atoms with van der Waals surface area (Å²) in [5, 5.41) is 13.4. The Hall–Kier alpha value is -1.54. The summed E-state index contributed by atoms with van der Waals surface area (Å²) in [4.78, 5) is 28.8. The van der Waals surface area contributed by atoms with E-state index < -0.39 is 0 Å². The number of hydrogen-bond acceptors (Lipinski definition) is 5. The van der Waals surface area contributed by atoms with E-state index in [2.05, 4.69) is 10.3 Å². The van der Waals surface area contributed by atoms with Gasteiger partial charge in [0.2, 0.25) is 5.91 Å². The molecule has 3 rings (SSSR count). The van der Waals surface area contributed by atoms with Crippen molar-refractivity contribution in [3.8, 4) is 0 Å². The Bertz CT molecular complexity index is 917. The number of carbonyl (C=O) groups excluding carboxylic acids is 1. The van der Waals surface area contributed by atoms with Crippen LogP contribution in [-0.4, -0.2) is 32.9 Å². The molecule has 1 amide bonds. The molecular formula is C18H19Cl2N3O3S. The van der Waals surface area contributed by atoms with Gasteiger partial charge < -0.3 is 10.4 Å². The lowest BCUT2D eigenvalue weighted by Crippen LogP contribution is -2.31. The summed E-state index contributed by atoms with van der Waals surface area (Å²) in [6, 6.07) is 4.85. The van der Waals surface area contributed by atoms with Gasteiger partial charge in [0.25, 0.3) is 0 Å². The highest BCUT2D eigenvalue weighted by molar-refractivity contribution is 8.00. The van der Waals surface area contributed by atoms with Crippen molar-refractivity contribution >= 4 is 46.6 Å². The summed E-state index contributed by atoms with van der Waals surface area (Å²) < 4.78 is 1.55. The van der Waals surface area contributed by atoms with Crippen LogP contribution in [-0.2, 0) is 24.2 Å². The maximum Gasteiger partial charge on any atom is 0.348 e. The van der Waals surface area contributed by atoms with Gasteiger partial charge in [0.05, 0.1) is 29.6 Å². The number of aromatic nitrogens is 2. The Morgan fingerprint density at radius 1 is 1.30 bits per heavy atom. The van der Waals surface area contributed by atoms with Crippen LogP contribution in [0.4, 0.5) is 5.69 Å². The van der Waals surface area contributed by atoms with Gasteiger partial charge in [0, 0.05) is 16.3 Å². The van der Waals surface area contributed by atoms with E-state index in [-0.39, 0.29) is 30.5 Å². The molecule has 0 aliphatic heterocycles. The first-order chi connectivity index (χ1) is 13.0. The number of fused-ring (bicyclic) bond motifs is 1. The van der Waals surface area contributed by atoms with Crippen molar-refractivity contribution in [3.63, 3.8) is 0 Å². The summed E-state index contributed by atoms with van der Waals surface area (Å²) in [6.45, 7) is 0.135. The summed E-state index contributed by atoms with van der Waals surface area (Å²) in [6.07, 6.45) is 3.62. The van der Waals surface area contributed by atoms with Crippen molar-refractivity contribution in [2.75, 3.05) is 17.7 Å². The van der Waals surface area contributed by atoms with Crippen LogP contribution in [0.1, 0.15) is 24.1 Å². The highest BCUT2D eigenvalue weighted by Gasteiger charge is 2.21. The summed E-state index contributed by atoms with van der Waals surface area (Å²) in [5.74, 6) is -0.152. The van der Waals surface area contributed by atoms with Gasteiger partial charge in [-0.1, -0.05) is 35.0 Å². The first-order valence-corrected chi connectivity index (χ1v) is 10.3. The van der Waals surface area contributed by atoms with Gasteiger partial charge in [-0.15, -0.1) is 0 Å². The zero-order valence-corrected chi connectivity index (χ0v) is 16.8. The Balaban J connectivity index is 1.76. The van der Waals surface area contributed by atoms with Crippen molar-refractivity contribution < 1.29 is 9.90 Å². The van der Waals surface area contributed by atoms with Gasteiger partial charge in [-0.05, 0) is 43.9 Å². The van der Waals surface area contributed by atoms with E-state index >= 15 is 0 Å². The van der Waals surface area contributed by atoms with E-state index in [1.807, 2.05) is 0 Å². The molecule has 1 aliphatic rings. The van der Waals surface area contributed by atoms with Gasteiger partial charge in [-0.3, -0.25) is 9.36 Å². The first kappa shape index (κ1) is 20.2. The number of halogens is 2. The van der Waals surface area contributed by atoms with Gasteiger partial charge >= 0.3 is 5.69 Å². The van der Waals surface area contributed by atoms with Crippen LogP contribution in [0.25, 0.3) is 0 Å². The Morgan fingerprint density at radius 3 is 2.85 bits per heavy atom. The summed E-state index contributed by atoms with van der Waals surface area (Å²) in [5.41, 5.74) is 2.00. The highest BCUT2D eigenvalue weighted by Crippen LogP contribution is 2.29. The fourth-order valence-corrected chi connectivity index (χ4v) is 4.32. The number of rotatable bonds is 6. The topological polar surface area (TPSA) is 84.2 Å². The van der Waals surface area contributed by atoms with Crippen LogP contribution < -0.4 is 11.0 Å². The van der Waals surface area contributed by atoms with Crippen molar-refractivity contribution in [3.05, 3.63) is 50.0 Å². The number of benzene rings is 1. The molecule has 0 atom stereocenters. The van der Waals surface area contributed by atoms with E-state index in [4.69, 9.17) is 23.2 Å². The summed E-state index contributed by atoms with van der Waals surface area (Å²) in [7, 11) is 0. The minimum absolute atomic E-state index is 0.103. The Kier molecular flexibility index (Phi) is 6.81. The molecule has 0 unspecified atom stereocenters. The number of nitrogens with one attached hydrogen (secondary N) is 1. The number of aliphatic hydroxyl groups excluding tert-OH is 1. The van der Waals surface area contributed by atoms with Crippen LogP contribution in [0.15, 0.2) is 28.0 Å². The predicted molar refractivity (Wildman–Crippen MR) is 108 cm³/mol. The van der Waals surface area contributed by atoms with Crippen LogP contribution >= 0.6 is 35.0 Å². The van der Waals surface area contributed by atoms with E-state index in [0.29, 0.717) is 20.8 Å². The Labute approximate surface area is 170 Å². The molecule has 2 aromatic rings. The lowest BCUT2D eigenvalue weighted by molar-refractivity contribution is -0.113.